The van der Waals surface area contributed by atoms with E-state index in [4.69, 9.17) is 16.1 Å². The summed E-state index contributed by atoms with van der Waals surface area (Å²) in [6.07, 6.45) is 0.193. The van der Waals surface area contributed by atoms with Crippen molar-refractivity contribution in [2.45, 2.75) is 24.0 Å². The van der Waals surface area contributed by atoms with Crippen LogP contribution in [-0.4, -0.2) is 15.9 Å². The van der Waals surface area contributed by atoms with Crippen LogP contribution in [0.25, 0.3) is 0 Å². The summed E-state index contributed by atoms with van der Waals surface area (Å²) in [5.41, 5.74) is 0. The largest absolute Gasteiger partial charge is 0.339 e. The zero-order chi connectivity index (χ0) is 13.0. The van der Waals surface area contributed by atoms with Crippen molar-refractivity contribution in [3.05, 3.63) is 41.0 Å². The summed E-state index contributed by atoms with van der Waals surface area (Å²) in [7, 11) is 0. The van der Waals surface area contributed by atoms with E-state index in [1.54, 1.807) is 11.8 Å². The molecule has 0 radical (unpaired) electrons. The zero-order valence-corrected chi connectivity index (χ0v) is 11.3. The number of carbonyl (C=O) groups excluding carboxylic acids is 1. The summed E-state index contributed by atoms with van der Waals surface area (Å²) in [6.45, 7) is 1.49. The normalized spacial score (nSPS) is 10.6. The first-order valence-electron chi connectivity index (χ1n) is 5.33. The molecule has 6 heteroatoms. The number of hydrogen-bond acceptors (Lipinski definition) is 5. The average Bonchev–Trinajstić information content (AvgIpc) is 2.75. The van der Waals surface area contributed by atoms with E-state index in [-0.39, 0.29) is 12.2 Å². The van der Waals surface area contributed by atoms with Gasteiger partial charge in [0.2, 0.25) is 5.89 Å². The minimum Gasteiger partial charge on any atom is -0.339 e. The van der Waals surface area contributed by atoms with Crippen LogP contribution in [-0.2, 0) is 17.0 Å². The fourth-order valence-electron chi connectivity index (χ4n) is 1.31. The molecule has 0 unspecified atom stereocenters. The van der Waals surface area contributed by atoms with Crippen molar-refractivity contribution < 1.29 is 9.32 Å². The summed E-state index contributed by atoms with van der Waals surface area (Å²) in [5, 5.41) is 4.53. The highest BCUT2D eigenvalue weighted by Crippen LogP contribution is 2.23. The Morgan fingerprint density at radius 1 is 1.39 bits per heavy atom. The zero-order valence-electron chi connectivity index (χ0n) is 9.72. The van der Waals surface area contributed by atoms with Crippen LogP contribution >= 0.6 is 23.4 Å². The molecule has 0 amide bonds. The number of halogens is 1. The van der Waals surface area contributed by atoms with Crippen LogP contribution < -0.4 is 0 Å². The number of ketones is 1. The van der Waals surface area contributed by atoms with Gasteiger partial charge >= 0.3 is 0 Å². The molecule has 0 saturated heterocycles. The predicted octanol–water partition coefficient (Wildman–Crippen LogP) is 3.15. The minimum atomic E-state index is 0.00977. The van der Waals surface area contributed by atoms with E-state index in [1.807, 2.05) is 24.3 Å². The number of nitrogens with zero attached hydrogens (tertiary/aromatic N) is 2. The van der Waals surface area contributed by atoms with Gasteiger partial charge in [0, 0.05) is 9.92 Å². The minimum absolute atomic E-state index is 0.00977. The summed E-state index contributed by atoms with van der Waals surface area (Å²) in [5.74, 6) is 1.57. The van der Waals surface area contributed by atoms with E-state index in [0.717, 1.165) is 4.90 Å². The summed E-state index contributed by atoms with van der Waals surface area (Å²) >= 11 is 7.39. The molecular weight excluding hydrogens is 272 g/mol. The maximum absolute atomic E-state index is 10.9. The standard InChI is InChI=1S/C12H11ClN2O2S/c1-8(16)6-12-14-11(15-17-12)7-18-10-4-2-9(13)3-5-10/h2-5H,6-7H2,1H3. The third-order valence-electron chi connectivity index (χ3n) is 2.09. The monoisotopic (exact) mass is 282 g/mol. The smallest absolute Gasteiger partial charge is 0.234 e. The van der Waals surface area contributed by atoms with Crippen LogP contribution in [0.1, 0.15) is 18.6 Å². The number of rotatable bonds is 5. The molecular formula is C12H11ClN2O2S. The van der Waals surface area contributed by atoms with Gasteiger partial charge in [0.1, 0.15) is 5.78 Å². The Bertz CT molecular complexity index is 539. The van der Waals surface area contributed by atoms with Gasteiger partial charge in [-0.2, -0.15) is 4.98 Å². The lowest BCUT2D eigenvalue weighted by atomic mass is 10.3. The highest BCUT2D eigenvalue weighted by atomic mass is 35.5. The van der Waals surface area contributed by atoms with Crippen molar-refractivity contribution in [1.82, 2.24) is 10.1 Å². The van der Waals surface area contributed by atoms with Crippen molar-refractivity contribution in [2.24, 2.45) is 0 Å². The lowest BCUT2D eigenvalue weighted by Gasteiger charge is -1.97. The second-order valence-electron chi connectivity index (χ2n) is 3.73. The molecule has 4 nitrogen and oxygen atoms in total. The van der Waals surface area contributed by atoms with Gasteiger partial charge in [0.15, 0.2) is 5.82 Å². The van der Waals surface area contributed by atoms with Crippen LogP contribution in [0, 0.1) is 0 Å². The molecule has 0 N–H and O–H groups in total. The van der Waals surface area contributed by atoms with E-state index in [0.29, 0.717) is 22.5 Å². The Balaban J connectivity index is 1.92. The first-order chi connectivity index (χ1) is 8.63. The van der Waals surface area contributed by atoms with Gasteiger partial charge in [0.05, 0.1) is 12.2 Å². The molecule has 0 aliphatic rings. The van der Waals surface area contributed by atoms with Crippen LogP contribution in [0.3, 0.4) is 0 Å². The second-order valence-corrected chi connectivity index (χ2v) is 5.21. The number of aromatic nitrogens is 2. The number of carbonyl (C=O) groups is 1. The fourth-order valence-corrected chi connectivity index (χ4v) is 2.18. The summed E-state index contributed by atoms with van der Waals surface area (Å²) in [6, 6.07) is 7.54. The Morgan fingerprint density at radius 2 is 2.11 bits per heavy atom. The fraction of sp³-hybridized carbons (Fsp3) is 0.250. The van der Waals surface area contributed by atoms with Gasteiger partial charge < -0.3 is 4.52 Å². The Labute approximate surface area is 114 Å². The van der Waals surface area contributed by atoms with Gasteiger partial charge in [0.25, 0.3) is 0 Å². The van der Waals surface area contributed by atoms with E-state index in [2.05, 4.69) is 10.1 Å². The summed E-state index contributed by atoms with van der Waals surface area (Å²) < 4.78 is 4.97. The summed E-state index contributed by atoms with van der Waals surface area (Å²) in [4.78, 5) is 16.1. The van der Waals surface area contributed by atoms with E-state index in [1.165, 1.54) is 6.92 Å². The Hall–Kier alpha value is -1.33. The van der Waals surface area contributed by atoms with Crippen LogP contribution in [0.4, 0.5) is 0 Å². The molecule has 0 saturated carbocycles. The molecule has 1 heterocycles. The van der Waals surface area contributed by atoms with Crippen molar-refractivity contribution in [3.63, 3.8) is 0 Å². The van der Waals surface area contributed by atoms with Crippen molar-refractivity contribution in [1.29, 1.82) is 0 Å². The van der Waals surface area contributed by atoms with E-state index < -0.39 is 0 Å². The highest BCUT2D eigenvalue weighted by Gasteiger charge is 2.08. The first kappa shape index (κ1) is 13.1. The van der Waals surface area contributed by atoms with Crippen LogP contribution in [0.15, 0.2) is 33.7 Å². The van der Waals surface area contributed by atoms with Crippen LogP contribution in [0.2, 0.25) is 5.02 Å². The van der Waals surface area contributed by atoms with Crippen molar-refractivity contribution >= 4 is 29.1 Å². The van der Waals surface area contributed by atoms with Gasteiger partial charge in [-0.15, -0.1) is 11.8 Å². The molecule has 0 atom stereocenters. The third-order valence-corrected chi connectivity index (χ3v) is 3.35. The number of benzene rings is 1. The quantitative estimate of drug-likeness (QED) is 0.789. The average molecular weight is 283 g/mol. The van der Waals surface area contributed by atoms with Gasteiger partial charge in [-0.3, -0.25) is 4.79 Å². The molecule has 0 fully saturated rings. The van der Waals surface area contributed by atoms with Crippen molar-refractivity contribution in [3.8, 4) is 0 Å². The molecule has 0 bridgehead atoms. The molecule has 1 aromatic carbocycles. The molecule has 2 aromatic rings. The van der Waals surface area contributed by atoms with Crippen LogP contribution in [0.5, 0.6) is 0 Å². The highest BCUT2D eigenvalue weighted by molar-refractivity contribution is 7.98. The van der Waals surface area contributed by atoms with Gasteiger partial charge in [-0.05, 0) is 31.2 Å². The lowest BCUT2D eigenvalue weighted by molar-refractivity contribution is -0.116. The number of thioether (sulfide) groups is 1. The molecule has 0 spiro atoms. The van der Waals surface area contributed by atoms with Crippen molar-refractivity contribution in [2.75, 3.05) is 0 Å². The van der Waals surface area contributed by atoms with E-state index >= 15 is 0 Å². The van der Waals surface area contributed by atoms with E-state index in [9.17, 15) is 4.79 Å². The molecule has 0 aliphatic carbocycles. The molecule has 18 heavy (non-hydrogen) atoms. The number of hydrogen-bond donors (Lipinski definition) is 0. The third kappa shape index (κ3) is 3.85. The molecule has 94 valence electrons. The first-order valence-corrected chi connectivity index (χ1v) is 6.69. The molecule has 1 aromatic heterocycles. The number of Topliss-reactive ketones (excluding diaryl/α,β-unsaturated/α-hetero) is 1. The predicted molar refractivity (Wildman–Crippen MR) is 69.7 cm³/mol. The Kier molecular flexibility index (Phi) is 4.38. The maximum atomic E-state index is 10.9. The lowest BCUT2D eigenvalue weighted by Crippen LogP contribution is -1.96. The van der Waals surface area contributed by atoms with Gasteiger partial charge in [-0.25, -0.2) is 0 Å². The SMILES string of the molecule is CC(=O)Cc1nc(CSc2ccc(Cl)cc2)no1. The molecule has 0 aliphatic heterocycles. The maximum Gasteiger partial charge on any atom is 0.234 e. The topological polar surface area (TPSA) is 56.0 Å². The van der Waals surface area contributed by atoms with Gasteiger partial charge in [-0.1, -0.05) is 16.8 Å². The second kappa shape index (κ2) is 6.02. The molecule has 2 rings (SSSR count). The Morgan fingerprint density at radius 3 is 2.78 bits per heavy atom.